The predicted octanol–water partition coefficient (Wildman–Crippen LogP) is 3.22. The summed E-state index contributed by atoms with van der Waals surface area (Å²) in [5.74, 6) is 1.25. The molecule has 0 amide bonds. The number of rotatable bonds is 2. The van der Waals surface area contributed by atoms with Crippen molar-refractivity contribution in [3.05, 3.63) is 12.2 Å². The molecule has 0 heterocycles. The SMILES string of the molecule is CC(C)CC12C=CCCC1C(=NO)C2. The molecule has 2 heteroatoms. The van der Waals surface area contributed by atoms with Crippen LogP contribution < -0.4 is 0 Å². The molecule has 2 nitrogen and oxygen atoms in total. The molecular formula is C12H19NO. The largest absolute Gasteiger partial charge is 0.411 e. The molecule has 2 aliphatic carbocycles. The first-order valence-corrected chi connectivity index (χ1v) is 5.56. The topological polar surface area (TPSA) is 32.6 Å². The first-order valence-electron chi connectivity index (χ1n) is 5.56. The van der Waals surface area contributed by atoms with Gasteiger partial charge in [-0.3, -0.25) is 0 Å². The molecule has 0 spiro atoms. The second-order valence-corrected chi connectivity index (χ2v) is 5.13. The Hall–Kier alpha value is -0.790. The zero-order valence-corrected chi connectivity index (χ0v) is 9.03. The van der Waals surface area contributed by atoms with E-state index in [2.05, 4.69) is 31.2 Å². The van der Waals surface area contributed by atoms with Crippen molar-refractivity contribution < 1.29 is 5.21 Å². The molecule has 78 valence electrons. The molecule has 2 aliphatic rings. The van der Waals surface area contributed by atoms with E-state index in [-0.39, 0.29) is 0 Å². The maximum Gasteiger partial charge on any atom is 0.0619 e. The Bertz CT molecular complexity index is 280. The average molecular weight is 193 g/mol. The maximum atomic E-state index is 8.84. The lowest BCUT2D eigenvalue weighted by Gasteiger charge is -2.51. The first-order chi connectivity index (χ1) is 6.68. The van der Waals surface area contributed by atoms with Crippen LogP contribution in [0.15, 0.2) is 17.3 Å². The van der Waals surface area contributed by atoms with Crippen molar-refractivity contribution in [3.63, 3.8) is 0 Å². The van der Waals surface area contributed by atoms with Crippen LogP contribution in [0.5, 0.6) is 0 Å². The predicted molar refractivity (Wildman–Crippen MR) is 57.6 cm³/mol. The summed E-state index contributed by atoms with van der Waals surface area (Å²) in [4.78, 5) is 0. The van der Waals surface area contributed by atoms with Gasteiger partial charge in [-0.1, -0.05) is 31.2 Å². The van der Waals surface area contributed by atoms with Crippen molar-refractivity contribution in [2.24, 2.45) is 22.4 Å². The number of hydrogen-bond donors (Lipinski definition) is 1. The van der Waals surface area contributed by atoms with Crippen molar-refractivity contribution in [2.75, 3.05) is 0 Å². The Morgan fingerprint density at radius 1 is 1.64 bits per heavy atom. The second kappa shape index (κ2) is 3.41. The third-order valence-corrected chi connectivity index (χ3v) is 3.59. The highest BCUT2D eigenvalue weighted by Crippen LogP contribution is 2.54. The number of nitrogens with zero attached hydrogens (tertiary/aromatic N) is 1. The summed E-state index contributed by atoms with van der Waals surface area (Å²) in [5.41, 5.74) is 1.36. The molecule has 1 N–H and O–H groups in total. The fraction of sp³-hybridized carbons (Fsp3) is 0.750. The van der Waals surface area contributed by atoms with Gasteiger partial charge in [-0.25, -0.2) is 0 Å². The minimum atomic E-state index is 0.341. The van der Waals surface area contributed by atoms with E-state index in [0.29, 0.717) is 11.3 Å². The quantitative estimate of drug-likeness (QED) is 0.407. The van der Waals surface area contributed by atoms with Crippen molar-refractivity contribution in [1.82, 2.24) is 0 Å². The van der Waals surface area contributed by atoms with Gasteiger partial charge < -0.3 is 5.21 Å². The van der Waals surface area contributed by atoms with Gasteiger partial charge in [0.25, 0.3) is 0 Å². The van der Waals surface area contributed by atoms with Gasteiger partial charge in [0.05, 0.1) is 5.71 Å². The molecule has 0 aliphatic heterocycles. The highest BCUT2D eigenvalue weighted by Gasteiger charge is 2.50. The molecule has 0 aromatic heterocycles. The highest BCUT2D eigenvalue weighted by molar-refractivity contribution is 5.94. The highest BCUT2D eigenvalue weighted by atomic mass is 16.4. The van der Waals surface area contributed by atoms with Crippen LogP contribution in [0.4, 0.5) is 0 Å². The van der Waals surface area contributed by atoms with Gasteiger partial charge in [0, 0.05) is 11.3 Å². The molecule has 2 atom stereocenters. The summed E-state index contributed by atoms with van der Waals surface area (Å²) in [5, 5.41) is 12.3. The number of hydrogen-bond acceptors (Lipinski definition) is 2. The molecule has 1 saturated carbocycles. The summed E-state index contributed by atoms with van der Waals surface area (Å²) >= 11 is 0. The molecular weight excluding hydrogens is 174 g/mol. The van der Waals surface area contributed by atoms with Crippen molar-refractivity contribution in [2.45, 2.75) is 39.5 Å². The van der Waals surface area contributed by atoms with E-state index in [1.54, 1.807) is 0 Å². The fourth-order valence-electron chi connectivity index (χ4n) is 3.14. The van der Waals surface area contributed by atoms with Crippen LogP contribution in [-0.4, -0.2) is 10.9 Å². The first kappa shape index (κ1) is 9.75. The number of allylic oxidation sites excluding steroid dienone is 2. The Kier molecular flexibility index (Phi) is 2.38. The molecule has 2 unspecified atom stereocenters. The zero-order chi connectivity index (χ0) is 10.2. The third kappa shape index (κ3) is 1.37. The Morgan fingerprint density at radius 3 is 3.07 bits per heavy atom. The normalized spacial score (nSPS) is 38.5. The van der Waals surface area contributed by atoms with Gasteiger partial charge >= 0.3 is 0 Å². The Labute approximate surface area is 85.7 Å². The van der Waals surface area contributed by atoms with E-state index >= 15 is 0 Å². The lowest BCUT2D eigenvalue weighted by Crippen LogP contribution is -2.49. The molecule has 14 heavy (non-hydrogen) atoms. The van der Waals surface area contributed by atoms with Crippen molar-refractivity contribution in [3.8, 4) is 0 Å². The van der Waals surface area contributed by atoms with Gasteiger partial charge in [0.15, 0.2) is 0 Å². The van der Waals surface area contributed by atoms with Crippen LogP contribution in [0, 0.1) is 17.3 Å². The van der Waals surface area contributed by atoms with Gasteiger partial charge in [-0.2, -0.15) is 0 Å². The fourth-order valence-corrected chi connectivity index (χ4v) is 3.14. The van der Waals surface area contributed by atoms with Gasteiger partial charge in [0.2, 0.25) is 0 Å². The summed E-state index contributed by atoms with van der Waals surface area (Å²) in [6.45, 7) is 4.53. The van der Waals surface area contributed by atoms with Crippen LogP contribution in [-0.2, 0) is 0 Å². The summed E-state index contributed by atoms with van der Waals surface area (Å²) < 4.78 is 0. The number of oxime groups is 1. The average Bonchev–Trinajstić information content (AvgIpc) is 2.10. The smallest absolute Gasteiger partial charge is 0.0619 e. The maximum absolute atomic E-state index is 8.84. The van der Waals surface area contributed by atoms with Crippen LogP contribution >= 0.6 is 0 Å². The lowest BCUT2D eigenvalue weighted by atomic mass is 9.52. The van der Waals surface area contributed by atoms with E-state index in [1.165, 1.54) is 12.8 Å². The van der Waals surface area contributed by atoms with E-state index in [9.17, 15) is 0 Å². The minimum Gasteiger partial charge on any atom is -0.411 e. The molecule has 0 aromatic carbocycles. The van der Waals surface area contributed by atoms with Crippen LogP contribution in [0.1, 0.15) is 39.5 Å². The zero-order valence-electron chi connectivity index (χ0n) is 9.03. The van der Waals surface area contributed by atoms with Gasteiger partial charge in [-0.05, 0) is 31.6 Å². The van der Waals surface area contributed by atoms with Crippen molar-refractivity contribution >= 4 is 5.71 Å². The summed E-state index contributed by atoms with van der Waals surface area (Å²) in [6, 6.07) is 0. The molecule has 1 fully saturated rings. The minimum absolute atomic E-state index is 0.341. The molecule has 0 saturated heterocycles. The lowest BCUT2D eigenvalue weighted by molar-refractivity contribution is 0.162. The Morgan fingerprint density at radius 2 is 2.43 bits per heavy atom. The summed E-state index contributed by atoms with van der Waals surface area (Å²) in [6.07, 6.45) is 9.19. The van der Waals surface area contributed by atoms with E-state index in [4.69, 9.17) is 5.21 Å². The van der Waals surface area contributed by atoms with Crippen LogP contribution in [0.3, 0.4) is 0 Å². The monoisotopic (exact) mass is 193 g/mol. The van der Waals surface area contributed by atoms with Crippen molar-refractivity contribution in [1.29, 1.82) is 0 Å². The molecule has 2 rings (SSSR count). The third-order valence-electron chi connectivity index (χ3n) is 3.59. The van der Waals surface area contributed by atoms with E-state index < -0.39 is 0 Å². The van der Waals surface area contributed by atoms with Gasteiger partial charge in [0.1, 0.15) is 0 Å². The Balaban J connectivity index is 2.17. The molecule has 0 bridgehead atoms. The van der Waals surface area contributed by atoms with E-state index in [1.807, 2.05) is 0 Å². The van der Waals surface area contributed by atoms with Gasteiger partial charge in [-0.15, -0.1) is 0 Å². The van der Waals surface area contributed by atoms with E-state index in [0.717, 1.165) is 24.5 Å². The molecule has 0 aromatic rings. The summed E-state index contributed by atoms with van der Waals surface area (Å²) in [7, 11) is 0. The standard InChI is InChI=1S/C12H19NO/c1-9(2)7-12-6-4-3-5-10(12)11(8-12)13-14/h4,6,9-10,14H,3,5,7-8H2,1-2H3. The molecule has 0 radical (unpaired) electrons. The van der Waals surface area contributed by atoms with Crippen LogP contribution in [0.2, 0.25) is 0 Å². The van der Waals surface area contributed by atoms with Crippen LogP contribution in [0.25, 0.3) is 0 Å². The number of fused-ring (bicyclic) bond motifs is 1. The second-order valence-electron chi connectivity index (χ2n) is 5.13.